The van der Waals surface area contributed by atoms with Crippen molar-refractivity contribution in [3.05, 3.63) is 22.8 Å². The summed E-state index contributed by atoms with van der Waals surface area (Å²) in [6.45, 7) is 5.28. The Labute approximate surface area is 169 Å². The summed E-state index contributed by atoms with van der Waals surface area (Å²) in [6, 6.07) is 0. The zero-order valence-electron chi connectivity index (χ0n) is 16.9. The van der Waals surface area contributed by atoms with Gasteiger partial charge in [0.1, 0.15) is 30.5 Å². The molecule has 0 aromatic heterocycles. The maximum Gasteiger partial charge on any atom is 0.334 e. The van der Waals surface area contributed by atoms with Crippen molar-refractivity contribution < 1.29 is 39.4 Å². The molecule has 0 aromatic carbocycles. The van der Waals surface area contributed by atoms with Gasteiger partial charge in [-0.2, -0.15) is 0 Å². The minimum absolute atomic E-state index is 0.0828. The molecule has 2 aliphatic carbocycles. The summed E-state index contributed by atoms with van der Waals surface area (Å²) in [7, 11) is 0. The Kier molecular flexibility index (Phi) is 5.38. The Morgan fingerprint density at radius 3 is 2.62 bits per heavy atom. The molecular formula is C21H30O8. The first kappa shape index (κ1) is 21.0. The number of aliphatic hydroxyl groups is 4. The van der Waals surface area contributed by atoms with E-state index in [0.717, 1.165) is 18.4 Å². The lowest BCUT2D eigenvalue weighted by atomic mass is 9.77. The fraction of sp³-hybridized carbons (Fsp3) is 0.762. The summed E-state index contributed by atoms with van der Waals surface area (Å²) >= 11 is 0. The smallest absolute Gasteiger partial charge is 0.334 e. The minimum atomic E-state index is -1.50. The predicted octanol–water partition coefficient (Wildman–Crippen LogP) is 0.180. The van der Waals surface area contributed by atoms with Crippen LogP contribution in [-0.2, 0) is 19.0 Å². The molecule has 0 amide bonds. The normalized spacial score (nSPS) is 47.4. The number of allylic oxidation sites excluding steroid dienone is 2. The molecule has 1 saturated carbocycles. The number of carbonyl (C=O) groups excluding carboxylic acids is 1. The van der Waals surface area contributed by atoms with E-state index in [9.17, 15) is 25.2 Å². The van der Waals surface area contributed by atoms with E-state index >= 15 is 0 Å². The van der Waals surface area contributed by atoms with E-state index in [1.54, 1.807) is 6.92 Å². The quantitative estimate of drug-likeness (QED) is 0.384. The average molecular weight is 410 g/mol. The van der Waals surface area contributed by atoms with E-state index in [0.29, 0.717) is 12.0 Å². The van der Waals surface area contributed by atoms with Gasteiger partial charge < -0.3 is 34.6 Å². The predicted molar refractivity (Wildman–Crippen MR) is 100 cm³/mol. The van der Waals surface area contributed by atoms with Crippen molar-refractivity contribution in [2.45, 2.75) is 82.4 Å². The van der Waals surface area contributed by atoms with Gasteiger partial charge in [0.25, 0.3) is 0 Å². The molecule has 2 aliphatic heterocycles. The first-order valence-electron chi connectivity index (χ1n) is 10.2. The van der Waals surface area contributed by atoms with Crippen LogP contribution in [0.4, 0.5) is 0 Å². The molecule has 8 heteroatoms. The minimum Gasteiger partial charge on any atom is -0.454 e. The molecule has 0 aromatic rings. The molecule has 0 bridgehead atoms. The van der Waals surface area contributed by atoms with Crippen molar-refractivity contribution in [3.63, 3.8) is 0 Å². The summed E-state index contributed by atoms with van der Waals surface area (Å²) in [6.07, 6.45) is -2.95. The van der Waals surface area contributed by atoms with Gasteiger partial charge in [-0.15, -0.1) is 0 Å². The molecule has 29 heavy (non-hydrogen) atoms. The lowest BCUT2D eigenvalue weighted by Gasteiger charge is -2.46. The van der Waals surface area contributed by atoms with Crippen LogP contribution in [0.25, 0.3) is 0 Å². The van der Waals surface area contributed by atoms with Crippen molar-refractivity contribution in [1.29, 1.82) is 0 Å². The third-order valence-corrected chi connectivity index (χ3v) is 7.24. The topological polar surface area (TPSA) is 126 Å². The Morgan fingerprint density at radius 1 is 1.21 bits per heavy atom. The molecule has 2 fully saturated rings. The summed E-state index contributed by atoms with van der Waals surface area (Å²) in [5.41, 5.74) is 2.08. The molecule has 4 rings (SSSR count). The van der Waals surface area contributed by atoms with Gasteiger partial charge in [0.2, 0.25) is 0 Å². The highest BCUT2D eigenvalue weighted by molar-refractivity contribution is 5.91. The maximum absolute atomic E-state index is 12.2. The second-order valence-corrected chi connectivity index (χ2v) is 8.98. The molecule has 0 radical (unpaired) electrons. The van der Waals surface area contributed by atoms with Crippen LogP contribution in [0.1, 0.15) is 40.0 Å². The van der Waals surface area contributed by atoms with Crippen molar-refractivity contribution >= 4 is 5.97 Å². The number of hydrogen-bond donors (Lipinski definition) is 4. The van der Waals surface area contributed by atoms with Gasteiger partial charge in [-0.25, -0.2) is 4.79 Å². The van der Waals surface area contributed by atoms with Crippen molar-refractivity contribution in [3.8, 4) is 0 Å². The van der Waals surface area contributed by atoms with Crippen LogP contribution in [0, 0.1) is 11.8 Å². The number of ether oxygens (including phenoxy) is 3. The fourth-order valence-corrected chi connectivity index (χ4v) is 5.36. The number of hydrogen-bond acceptors (Lipinski definition) is 8. The summed E-state index contributed by atoms with van der Waals surface area (Å²) in [5, 5.41) is 40.1. The van der Waals surface area contributed by atoms with E-state index in [-0.39, 0.29) is 17.8 Å². The van der Waals surface area contributed by atoms with Crippen molar-refractivity contribution in [1.82, 2.24) is 0 Å². The lowest BCUT2D eigenvalue weighted by molar-refractivity contribution is -0.333. The number of fused-ring (bicyclic) bond motifs is 2. The largest absolute Gasteiger partial charge is 0.454 e. The van der Waals surface area contributed by atoms with E-state index in [4.69, 9.17) is 14.2 Å². The van der Waals surface area contributed by atoms with Gasteiger partial charge in [-0.1, -0.05) is 11.6 Å². The number of esters is 1. The average Bonchev–Trinajstić information content (AvgIpc) is 3.13. The molecule has 162 valence electrons. The molecule has 4 N–H and O–H groups in total. The highest BCUT2D eigenvalue weighted by Crippen LogP contribution is 2.52. The van der Waals surface area contributed by atoms with Gasteiger partial charge in [0, 0.05) is 12.0 Å². The van der Waals surface area contributed by atoms with Crippen LogP contribution in [0.3, 0.4) is 0 Å². The van der Waals surface area contributed by atoms with Crippen LogP contribution in [0.2, 0.25) is 0 Å². The highest BCUT2D eigenvalue weighted by Gasteiger charge is 2.54. The Bertz CT molecular complexity index is 743. The summed E-state index contributed by atoms with van der Waals surface area (Å²) in [4.78, 5) is 12.2. The third-order valence-electron chi connectivity index (χ3n) is 7.24. The van der Waals surface area contributed by atoms with Gasteiger partial charge in [0.05, 0.1) is 12.2 Å². The van der Waals surface area contributed by atoms with E-state index in [1.165, 1.54) is 5.57 Å². The summed E-state index contributed by atoms with van der Waals surface area (Å²) in [5.74, 6) is -0.0490. The second kappa shape index (κ2) is 7.44. The first-order valence-corrected chi connectivity index (χ1v) is 10.2. The highest BCUT2D eigenvalue weighted by atomic mass is 16.7. The Morgan fingerprint density at radius 2 is 1.93 bits per heavy atom. The fourth-order valence-electron chi connectivity index (χ4n) is 5.36. The molecule has 0 spiro atoms. The van der Waals surface area contributed by atoms with Crippen LogP contribution >= 0.6 is 0 Å². The lowest BCUT2D eigenvalue weighted by Crippen LogP contribution is -2.61. The third kappa shape index (κ3) is 3.36. The molecule has 2 heterocycles. The number of rotatable bonds is 3. The first-order chi connectivity index (χ1) is 13.7. The van der Waals surface area contributed by atoms with Gasteiger partial charge >= 0.3 is 5.97 Å². The standard InChI is InChI=1S/C21H30O8/c1-9-4-5-13-11(9)6-12-10(2)19(26)27-14(12)7-21(13,3)29-20-18(25)17(24)16(23)15(8-22)28-20/h4,11,13-18,20,22-25H,5-8H2,1-3H3/t11-,13+,14-,15+,16+,17-,18+,20-,21+/m0/s1. The summed E-state index contributed by atoms with van der Waals surface area (Å²) < 4.78 is 17.5. The van der Waals surface area contributed by atoms with Gasteiger partial charge in [-0.05, 0) is 51.0 Å². The number of aliphatic hydroxyl groups excluding tert-OH is 4. The van der Waals surface area contributed by atoms with E-state index in [1.807, 2.05) is 6.92 Å². The van der Waals surface area contributed by atoms with Crippen LogP contribution in [-0.4, -0.2) is 75.4 Å². The maximum atomic E-state index is 12.2. The van der Waals surface area contributed by atoms with Gasteiger partial charge in [-0.3, -0.25) is 0 Å². The van der Waals surface area contributed by atoms with Crippen LogP contribution < -0.4 is 0 Å². The number of carbonyl (C=O) groups is 1. The molecule has 4 aliphatic rings. The van der Waals surface area contributed by atoms with Crippen molar-refractivity contribution in [2.24, 2.45) is 11.8 Å². The van der Waals surface area contributed by atoms with E-state index < -0.39 is 49.0 Å². The van der Waals surface area contributed by atoms with E-state index in [2.05, 4.69) is 13.0 Å². The molecule has 0 unspecified atom stereocenters. The molecule has 9 atom stereocenters. The molecule has 1 saturated heterocycles. The SMILES string of the molecule is CC1=CC[C@@H]2[C@H]1CC1=C(C)C(=O)O[C@H]1C[C@@]2(C)O[C@@H]1O[C@H](CO)[C@@H](O)[C@H](O)[C@H]1O. The van der Waals surface area contributed by atoms with Crippen molar-refractivity contribution in [2.75, 3.05) is 6.61 Å². The Hall–Kier alpha value is -1.29. The van der Waals surface area contributed by atoms with Gasteiger partial charge in [0.15, 0.2) is 6.29 Å². The Balaban J connectivity index is 1.64. The zero-order valence-corrected chi connectivity index (χ0v) is 16.9. The van der Waals surface area contributed by atoms with Crippen LogP contribution in [0.5, 0.6) is 0 Å². The zero-order chi connectivity index (χ0) is 21.1. The monoisotopic (exact) mass is 410 g/mol. The van der Waals surface area contributed by atoms with Crippen LogP contribution in [0.15, 0.2) is 22.8 Å². The molecule has 8 nitrogen and oxygen atoms in total. The molecular weight excluding hydrogens is 380 g/mol. The second-order valence-electron chi connectivity index (χ2n) is 8.98.